The minimum absolute atomic E-state index is 0.0785. The van der Waals surface area contributed by atoms with E-state index in [2.05, 4.69) is 21.9 Å². The molecule has 0 aliphatic heterocycles. The molecule has 0 unspecified atom stereocenters. The fourth-order valence-electron chi connectivity index (χ4n) is 1.88. The number of unbranched alkanes of at least 4 members (excludes halogenated alkanes) is 1. The van der Waals surface area contributed by atoms with Gasteiger partial charge in [0.05, 0.1) is 7.11 Å². The second-order valence-electron chi connectivity index (χ2n) is 4.26. The monoisotopic (exact) mass is 263 g/mol. The van der Waals surface area contributed by atoms with Gasteiger partial charge >= 0.3 is 6.01 Å². The molecule has 2 heterocycles. The summed E-state index contributed by atoms with van der Waals surface area (Å²) in [6, 6.07) is 0.0785. The van der Waals surface area contributed by atoms with Gasteiger partial charge in [-0.3, -0.25) is 9.36 Å². The first kappa shape index (κ1) is 13.3. The Morgan fingerprint density at radius 2 is 2.00 bits per heavy atom. The van der Waals surface area contributed by atoms with Crippen LogP contribution < -0.4 is 16.0 Å². The van der Waals surface area contributed by atoms with Crippen LogP contribution in [-0.4, -0.2) is 26.6 Å². The smallest absolute Gasteiger partial charge is 0.318 e. The number of anilines is 1. The quantitative estimate of drug-likeness (QED) is 0.879. The zero-order chi connectivity index (χ0) is 14.0. The average molecular weight is 263 g/mol. The summed E-state index contributed by atoms with van der Waals surface area (Å²) in [6.07, 6.45) is 1.91. The molecule has 2 aromatic heterocycles. The summed E-state index contributed by atoms with van der Waals surface area (Å²) in [5, 5.41) is 0. The summed E-state index contributed by atoms with van der Waals surface area (Å²) >= 11 is 0. The average Bonchev–Trinajstić information content (AvgIpc) is 2.39. The fraction of sp³-hybridized carbons (Fsp3) is 0.500. The van der Waals surface area contributed by atoms with E-state index in [1.165, 1.54) is 7.11 Å². The van der Waals surface area contributed by atoms with E-state index >= 15 is 0 Å². The Kier molecular flexibility index (Phi) is 3.64. The summed E-state index contributed by atoms with van der Waals surface area (Å²) in [4.78, 5) is 24.7. The lowest BCUT2D eigenvalue weighted by molar-refractivity contribution is 0.382. The normalized spacial score (nSPS) is 10.9. The van der Waals surface area contributed by atoms with Gasteiger partial charge in [0.1, 0.15) is 11.3 Å². The van der Waals surface area contributed by atoms with E-state index in [-0.39, 0.29) is 22.9 Å². The Hall–Kier alpha value is -2.18. The van der Waals surface area contributed by atoms with Crippen molar-refractivity contribution >= 4 is 16.9 Å². The molecule has 0 spiro atoms. The second kappa shape index (κ2) is 5.21. The molecule has 7 heteroatoms. The van der Waals surface area contributed by atoms with Gasteiger partial charge in [-0.1, -0.05) is 13.3 Å². The van der Waals surface area contributed by atoms with E-state index in [4.69, 9.17) is 10.5 Å². The van der Waals surface area contributed by atoms with Crippen molar-refractivity contribution in [3.05, 3.63) is 16.2 Å². The van der Waals surface area contributed by atoms with Crippen molar-refractivity contribution < 1.29 is 4.74 Å². The molecule has 0 fully saturated rings. The molecule has 19 heavy (non-hydrogen) atoms. The lowest BCUT2D eigenvalue weighted by atomic mass is 10.3. The van der Waals surface area contributed by atoms with Crippen LogP contribution in [0.5, 0.6) is 6.01 Å². The maximum atomic E-state index is 12.4. The summed E-state index contributed by atoms with van der Waals surface area (Å²) in [6.45, 7) is 4.47. The van der Waals surface area contributed by atoms with Crippen molar-refractivity contribution in [1.82, 2.24) is 19.5 Å². The molecule has 0 saturated heterocycles. The maximum absolute atomic E-state index is 12.4. The van der Waals surface area contributed by atoms with Gasteiger partial charge in [0.2, 0.25) is 0 Å². The van der Waals surface area contributed by atoms with E-state index in [0.29, 0.717) is 17.9 Å². The summed E-state index contributed by atoms with van der Waals surface area (Å²) in [5.74, 6) is 0.774. The molecule has 0 aliphatic rings. The highest BCUT2D eigenvalue weighted by molar-refractivity contribution is 5.83. The third-order valence-electron chi connectivity index (χ3n) is 2.92. The Morgan fingerprint density at radius 3 is 2.63 bits per heavy atom. The van der Waals surface area contributed by atoms with Crippen LogP contribution >= 0.6 is 0 Å². The molecular formula is C12H17N5O2. The minimum atomic E-state index is -0.205. The number of hydrogen-bond acceptors (Lipinski definition) is 6. The molecule has 102 valence electrons. The maximum Gasteiger partial charge on any atom is 0.318 e. The lowest BCUT2D eigenvalue weighted by Gasteiger charge is -2.10. The van der Waals surface area contributed by atoms with E-state index in [1.54, 1.807) is 11.5 Å². The van der Waals surface area contributed by atoms with Gasteiger partial charge in [0.15, 0.2) is 11.3 Å². The molecule has 2 aromatic rings. The van der Waals surface area contributed by atoms with Gasteiger partial charge in [0, 0.05) is 6.54 Å². The molecule has 2 rings (SSSR count). The highest BCUT2D eigenvalue weighted by atomic mass is 16.5. The number of aryl methyl sites for hydroxylation is 1. The first-order valence-electron chi connectivity index (χ1n) is 6.17. The standard InChI is InChI=1S/C12H17N5O2/c1-4-5-6-17-7(2)14-8-9(11(17)18)15-12(19-3)16-10(8)13/h4-6H2,1-3H3,(H2,13,15,16). The Balaban J connectivity index is 2.71. The fourth-order valence-corrected chi connectivity index (χ4v) is 1.88. The van der Waals surface area contributed by atoms with Crippen LogP contribution in [0.15, 0.2) is 4.79 Å². The number of hydrogen-bond donors (Lipinski definition) is 1. The first-order chi connectivity index (χ1) is 9.08. The van der Waals surface area contributed by atoms with Crippen LogP contribution in [0.3, 0.4) is 0 Å². The number of fused-ring (bicyclic) bond motifs is 1. The van der Waals surface area contributed by atoms with E-state index in [1.807, 2.05) is 0 Å². The number of nitrogens with zero attached hydrogens (tertiary/aromatic N) is 4. The predicted octanol–water partition coefficient (Wildman–Crippen LogP) is 0.886. The van der Waals surface area contributed by atoms with Gasteiger partial charge in [0.25, 0.3) is 5.56 Å². The number of methoxy groups -OCH3 is 1. The van der Waals surface area contributed by atoms with Crippen molar-refractivity contribution in [2.75, 3.05) is 12.8 Å². The van der Waals surface area contributed by atoms with Crippen LogP contribution in [-0.2, 0) is 6.54 Å². The minimum Gasteiger partial charge on any atom is -0.467 e. The highest BCUT2D eigenvalue weighted by Gasteiger charge is 2.14. The largest absolute Gasteiger partial charge is 0.467 e. The zero-order valence-electron chi connectivity index (χ0n) is 11.3. The molecule has 0 radical (unpaired) electrons. The molecule has 0 aromatic carbocycles. The molecular weight excluding hydrogens is 246 g/mol. The van der Waals surface area contributed by atoms with Crippen molar-refractivity contribution in [1.29, 1.82) is 0 Å². The number of aromatic nitrogens is 4. The summed E-state index contributed by atoms with van der Waals surface area (Å²) < 4.78 is 6.54. The molecule has 0 atom stereocenters. The zero-order valence-corrected chi connectivity index (χ0v) is 11.3. The van der Waals surface area contributed by atoms with Crippen molar-refractivity contribution in [3.63, 3.8) is 0 Å². The van der Waals surface area contributed by atoms with Crippen LogP contribution in [0.4, 0.5) is 5.82 Å². The summed E-state index contributed by atoms with van der Waals surface area (Å²) in [5.41, 5.74) is 6.10. The Morgan fingerprint density at radius 1 is 1.26 bits per heavy atom. The van der Waals surface area contributed by atoms with Crippen LogP contribution in [0.1, 0.15) is 25.6 Å². The number of ether oxygens (including phenoxy) is 1. The van der Waals surface area contributed by atoms with Gasteiger partial charge in [-0.15, -0.1) is 0 Å². The molecule has 0 amide bonds. The number of rotatable bonds is 4. The van der Waals surface area contributed by atoms with E-state index < -0.39 is 0 Å². The van der Waals surface area contributed by atoms with Gasteiger partial charge in [-0.05, 0) is 13.3 Å². The third kappa shape index (κ3) is 2.35. The first-order valence-corrected chi connectivity index (χ1v) is 6.17. The summed E-state index contributed by atoms with van der Waals surface area (Å²) in [7, 11) is 1.43. The topological polar surface area (TPSA) is 95.9 Å². The SMILES string of the molecule is CCCCn1c(C)nc2c(N)nc(OC)nc2c1=O. The Bertz CT molecular complexity index is 665. The van der Waals surface area contributed by atoms with Crippen molar-refractivity contribution in [2.24, 2.45) is 0 Å². The van der Waals surface area contributed by atoms with Crippen molar-refractivity contribution in [3.8, 4) is 6.01 Å². The second-order valence-corrected chi connectivity index (χ2v) is 4.26. The van der Waals surface area contributed by atoms with E-state index in [9.17, 15) is 4.79 Å². The lowest BCUT2D eigenvalue weighted by Crippen LogP contribution is -2.25. The number of nitrogen functional groups attached to an aromatic ring is 1. The molecule has 0 saturated carbocycles. The van der Waals surface area contributed by atoms with Crippen LogP contribution in [0.2, 0.25) is 0 Å². The molecule has 0 aliphatic carbocycles. The highest BCUT2D eigenvalue weighted by Crippen LogP contribution is 2.16. The van der Waals surface area contributed by atoms with Gasteiger partial charge in [-0.2, -0.15) is 9.97 Å². The van der Waals surface area contributed by atoms with Crippen LogP contribution in [0, 0.1) is 6.92 Å². The number of nitrogens with two attached hydrogens (primary N) is 1. The van der Waals surface area contributed by atoms with Gasteiger partial charge in [-0.25, -0.2) is 4.98 Å². The molecule has 0 bridgehead atoms. The molecule has 2 N–H and O–H groups in total. The third-order valence-corrected chi connectivity index (χ3v) is 2.92. The Labute approximate surface area is 110 Å². The van der Waals surface area contributed by atoms with Crippen molar-refractivity contribution in [2.45, 2.75) is 33.2 Å². The van der Waals surface area contributed by atoms with Gasteiger partial charge < -0.3 is 10.5 Å². The van der Waals surface area contributed by atoms with E-state index in [0.717, 1.165) is 12.8 Å². The molecule has 7 nitrogen and oxygen atoms in total. The van der Waals surface area contributed by atoms with Crippen LogP contribution in [0.25, 0.3) is 11.0 Å². The predicted molar refractivity (Wildman–Crippen MR) is 72.2 cm³/mol.